The molecule has 3 N–H and O–H groups in total. The molecule has 0 amide bonds. The molecule has 0 aromatic heterocycles. The zero-order valence-electron chi connectivity index (χ0n) is 13.2. The highest BCUT2D eigenvalue weighted by atomic mass is 16.5. The van der Waals surface area contributed by atoms with Crippen LogP contribution in [0.4, 0.5) is 5.69 Å². The van der Waals surface area contributed by atoms with Crippen LogP contribution in [0.2, 0.25) is 0 Å². The predicted molar refractivity (Wildman–Crippen MR) is 87.5 cm³/mol. The lowest BCUT2D eigenvalue weighted by molar-refractivity contribution is 0.193. The molecule has 5 nitrogen and oxygen atoms in total. The Hall–Kier alpha value is -1.75. The Morgan fingerprint density at radius 3 is 2.52 bits per heavy atom. The SMILES string of the molecule is CCC(C)N1CCN(c2cc(OC)ccc2C(=N)N)CC1. The first kappa shape index (κ1) is 15.6. The number of amidine groups is 1. The van der Waals surface area contributed by atoms with Crippen LogP contribution in [0, 0.1) is 5.41 Å². The van der Waals surface area contributed by atoms with E-state index in [1.165, 1.54) is 6.42 Å². The minimum Gasteiger partial charge on any atom is -0.497 e. The lowest BCUT2D eigenvalue weighted by Gasteiger charge is -2.39. The van der Waals surface area contributed by atoms with E-state index in [4.69, 9.17) is 15.9 Å². The van der Waals surface area contributed by atoms with E-state index < -0.39 is 0 Å². The molecule has 21 heavy (non-hydrogen) atoms. The standard InChI is InChI=1S/C16H26N4O/c1-4-12(2)19-7-9-20(10-8-19)15-11-13(21-3)5-6-14(15)16(17)18/h5-6,11-12H,4,7-10H2,1-3H3,(H3,17,18). The van der Waals surface area contributed by atoms with Crippen LogP contribution in [0.25, 0.3) is 0 Å². The molecule has 1 aromatic rings. The van der Waals surface area contributed by atoms with Crippen molar-refractivity contribution >= 4 is 11.5 Å². The summed E-state index contributed by atoms with van der Waals surface area (Å²) in [7, 11) is 1.66. The number of hydrogen-bond acceptors (Lipinski definition) is 4. The van der Waals surface area contributed by atoms with Gasteiger partial charge in [-0.05, 0) is 25.5 Å². The second kappa shape index (κ2) is 6.80. The number of anilines is 1. The van der Waals surface area contributed by atoms with Gasteiger partial charge < -0.3 is 15.4 Å². The van der Waals surface area contributed by atoms with Crippen LogP contribution < -0.4 is 15.4 Å². The molecule has 2 rings (SSSR count). The fourth-order valence-corrected chi connectivity index (χ4v) is 2.79. The van der Waals surface area contributed by atoms with Gasteiger partial charge in [0.1, 0.15) is 11.6 Å². The number of nitrogens with zero attached hydrogens (tertiary/aromatic N) is 2. The number of piperazine rings is 1. The highest BCUT2D eigenvalue weighted by Gasteiger charge is 2.22. The number of rotatable bonds is 5. The molecule has 5 heteroatoms. The van der Waals surface area contributed by atoms with E-state index in [1.807, 2.05) is 18.2 Å². The maximum absolute atomic E-state index is 7.76. The summed E-state index contributed by atoms with van der Waals surface area (Å²) in [5.41, 5.74) is 7.51. The van der Waals surface area contributed by atoms with Crippen LogP contribution in [0.3, 0.4) is 0 Å². The highest BCUT2D eigenvalue weighted by Crippen LogP contribution is 2.27. The molecule has 1 saturated heterocycles. The van der Waals surface area contributed by atoms with Crippen molar-refractivity contribution in [2.24, 2.45) is 5.73 Å². The van der Waals surface area contributed by atoms with Gasteiger partial charge in [0.25, 0.3) is 0 Å². The monoisotopic (exact) mass is 290 g/mol. The summed E-state index contributed by atoms with van der Waals surface area (Å²) in [4.78, 5) is 4.82. The molecule has 1 atom stereocenters. The van der Waals surface area contributed by atoms with Crippen LogP contribution in [0.5, 0.6) is 5.75 Å². The molecule has 0 aliphatic carbocycles. The zero-order chi connectivity index (χ0) is 15.4. The number of nitrogen functional groups attached to an aromatic ring is 1. The average Bonchev–Trinajstić information content (AvgIpc) is 2.53. The first-order valence-electron chi connectivity index (χ1n) is 7.58. The van der Waals surface area contributed by atoms with Gasteiger partial charge in [0.05, 0.1) is 12.8 Å². The Kier molecular flexibility index (Phi) is 5.07. The molecule has 1 aliphatic heterocycles. The molecule has 0 radical (unpaired) electrons. The minimum absolute atomic E-state index is 0.108. The minimum atomic E-state index is 0.108. The van der Waals surface area contributed by atoms with Crippen LogP contribution in [0.1, 0.15) is 25.8 Å². The van der Waals surface area contributed by atoms with Crippen molar-refractivity contribution in [3.05, 3.63) is 23.8 Å². The molecule has 1 fully saturated rings. The second-order valence-corrected chi connectivity index (χ2v) is 5.58. The first-order chi connectivity index (χ1) is 10.1. The maximum Gasteiger partial charge on any atom is 0.124 e. The smallest absolute Gasteiger partial charge is 0.124 e. The Morgan fingerprint density at radius 2 is 2.00 bits per heavy atom. The van der Waals surface area contributed by atoms with E-state index in [9.17, 15) is 0 Å². The maximum atomic E-state index is 7.76. The summed E-state index contributed by atoms with van der Waals surface area (Å²) in [5.74, 6) is 0.913. The molecular formula is C16H26N4O. The van der Waals surface area contributed by atoms with Crippen molar-refractivity contribution in [2.75, 3.05) is 38.2 Å². The molecule has 116 valence electrons. The lowest BCUT2D eigenvalue weighted by Crippen LogP contribution is -2.49. The number of ether oxygens (including phenoxy) is 1. The molecule has 0 bridgehead atoms. The summed E-state index contributed by atoms with van der Waals surface area (Å²) in [6.45, 7) is 8.51. The summed E-state index contributed by atoms with van der Waals surface area (Å²) >= 11 is 0. The van der Waals surface area contributed by atoms with Gasteiger partial charge in [-0.15, -0.1) is 0 Å². The molecule has 1 aliphatic rings. The number of nitrogens with one attached hydrogen (secondary N) is 1. The summed E-state index contributed by atoms with van der Waals surface area (Å²) in [6.07, 6.45) is 1.18. The second-order valence-electron chi connectivity index (χ2n) is 5.58. The topological polar surface area (TPSA) is 65.6 Å². The number of methoxy groups -OCH3 is 1. The zero-order valence-corrected chi connectivity index (χ0v) is 13.2. The highest BCUT2D eigenvalue weighted by molar-refractivity contribution is 6.00. The fourth-order valence-electron chi connectivity index (χ4n) is 2.79. The fraction of sp³-hybridized carbons (Fsp3) is 0.562. The molecular weight excluding hydrogens is 264 g/mol. The van der Waals surface area contributed by atoms with Crippen LogP contribution in [0.15, 0.2) is 18.2 Å². The summed E-state index contributed by atoms with van der Waals surface area (Å²) in [6, 6.07) is 6.34. The van der Waals surface area contributed by atoms with E-state index in [2.05, 4.69) is 23.6 Å². The average molecular weight is 290 g/mol. The Labute approximate surface area is 127 Å². The lowest BCUT2D eigenvalue weighted by atomic mass is 10.1. The van der Waals surface area contributed by atoms with Gasteiger partial charge in [0, 0.05) is 43.9 Å². The normalized spacial score (nSPS) is 17.6. The predicted octanol–water partition coefficient (Wildman–Crippen LogP) is 1.90. The van der Waals surface area contributed by atoms with Gasteiger partial charge in [0.2, 0.25) is 0 Å². The van der Waals surface area contributed by atoms with E-state index in [0.29, 0.717) is 6.04 Å². The molecule has 0 spiro atoms. The molecule has 1 aromatic carbocycles. The van der Waals surface area contributed by atoms with Gasteiger partial charge in [-0.25, -0.2) is 0 Å². The van der Waals surface area contributed by atoms with Gasteiger partial charge in [-0.1, -0.05) is 6.92 Å². The first-order valence-corrected chi connectivity index (χ1v) is 7.58. The van der Waals surface area contributed by atoms with Crippen LogP contribution in [-0.4, -0.2) is 50.1 Å². The quantitative estimate of drug-likeness (QED) is 0.642. The van der Waals surface area contributed by atoms with Gasteiger partial charge in [-0.3, -0.25) is 10.3 Å². The summed E-state index contributed by atoms with van der Waals surface area (Å²) < 4.78 is 5.31. The van der Waals surface area contributed by atoms with E-state index >= 15 is 0 Å². The molecule has 1 heterocycles. The summed E-state index contributed by atoms with van der Waals surface area (Å²) in [5, 5.41) is 7.76. The van der Waals surface area contributed by atoms with Gasteiger partial charge in [-0.2, -0.15) is 0 Å². The van der Waals surface area contributed by atoms with Crippen molar-refractivity contribution in [1.82, 2.24) is 4.90 Å². The van der Waals surface area contributed by atoms with E-state index in [-0.39, 0.29) is 5.84 Å². The van der Waals surface area contributed by atoms with E-state index in [1.54, 1.807) is 7.11 Å². The van der Waals surface area contributed by atoms with Crippen LogP contribution >= 0.6 is 0 Å². The Morgan fingerprint density at radius 1 is 1.33 bits per heavy atom. The van der Waals surface area contributed by atoms with Gasteiger partial charge in [0.15, 0.2) is 0 Å². The van der Waals surface area contributed by atoms with Crippen molar-refractivity contribution in [1.29, 1.82) is 5.41 Å². The third-order valence-electron chi connectivity index (χ3n) is 4.36. The van der Waals surface area contributed by atoms with Crippen molar-refractivity contribution in [3.8, 4) is 5.75 Å². The number of hydrogen-bond donors (Lipinski definition) is 2. The van der Waals surface area contributed by atoms with Gasteiger partial charge >= 0.3 is 0 Å². The van der Waals surface area contributed by atoms with Crippen molar-refractivity contribution in [2.45, 2.75) is 26.3 Å². The Bertz CT molecular complexity index is 495. The molecule has 0 saturated carbocycles. The number of benzene rings is 1. The van der Waals surface area contributed by atoms with Crippen molar-refractivity contribution in [3.63, 3.8) is 0 Å². The Balaban J connectivity index is 2.17. The third-order valence-corrected chi connectivity index (χ3v) is 4.36. The number of nitrogens with two attached hydrogens (primary N) is 1. The van der Waals surface area contributed by atoms with Crippen LogP contribution in [-0.2, 0) is 0 Å². The van der Waals surface area contributed by atoms with Crippen molar-refractivity contribution < 1.29 is 4.74 Å². The largest absolute Gasteiger partial charge is 0.497 e. The third kappa shape index (κ3) is 3.47. The molecule has 1 unspecified atom stereocenters. The van der Waals surface area contributed by atoms with E-state index in [0.717, 1.165) is 43.2 Å².